The highest BCUT2D eigenvalue weighted by atomic mass is 16.5. The van der Waals surface area contributed by atoms with E-state index in [1.54, 1.807) is 4.68 Å². The highest BCUT2D eigenvalue weighted by Crippen LogP contribution is 2.24. The van der Waals surface area contributed by atoms with Crippen LogP contribution in [0.15, 0.2) is 24.3 Å². The normalized spacial score (nSPS) is 13.4. The van der Waals surface area contributed by atoms with E-state index in [0.29, 0.717) is 12.5 Å². The van der Waals surface area contributed by atoms with E-state index in [2.05, 4.69) is 35.5 Å². The van der Waals surface area contributed by atoms with Crippen LogP contribution in [0.1, 0.15) is 16.2 Å². The van der Waals surface area contributed by atoms with E-state index in [9.17, 15) is 4.79 Å². The van der Waals surface area contributed by atoms with Crippen molar-refractivity contribution in [2.45, 2.75) is 6.54 Å². The van der Waals surface area contributed by atoms with Crippen LogP contribution in [-0.4, -0.2) is 43.3 Å². The maximum atomic E-state index is 11.5. The number of allylic oxidation sites excluding steroid dienone is 1. The molecule has 0 spiro atoms. The number of benzene rings is 1. The molecule has 0 unspecified atom stereocenters. The first-order valence-corrected chi connectivity index (χ1v) is 6.56. The van der Waals surface area contributed by atoms with Crippen LogP contribution in [0.2, 0.25) is 0 Å². The van der Waals surface area contributed by atoms with Crippen molar-refractivity contribution in [3.8, 4) is 0 Å². The van der Waals surface area contributed by atoms with E-state index >= 15 is 0 Å². The van der Waals surface area contributed by atoms with Crippen molar-refractivity contribution in [3.05, 3.63) is 35.7 Å². The van der Waals surface area contributed by atoms with Crippen molar-refractivity contribution in [1.82, 2.24) is 30.2 Å². The Bertz CT molecular complexity index is 908. The lowest BCUT2D eigenvalue weighted by molar-refractivity contribution is 0.0586. The van der Waals surface area contributed by atoms with Gasteiger partial charge >= 0.3 is 5.97 Å². The van der Waals surface area contributed by atoms with Crippen LogP contribution < -0.4 is 5.32 Å². The predicted molar refractivity (Wildman–Crippen MR) is 76.8 cm³/mol. The molecule has 0 atom stereocenters. The summed E-state index contributed by atoms with van der Waals surface area (Å²) in [4.78, 5) is 15.6. The van der Waals surface area contributed by atoms with Crippen molar-refractivity contribution >= 4 is 28.6 Å². The van der Waals surface area contributed by atoms with Gasteiger partial charge in [-0.25, -0.2) is 9.48 Å². The van der Waals surface area contributed by atoms with E-state index in [1.807, 2.05) is 24.3 Å². The van der Waals surface area contributed by atoms with E-state index < -0.39 is 5.97 Å². The van der Waals surface area contributed by atoms with Gasteiger partial charge in [-0.05, 0) is 18.2 Å². The summed E-state index contributed by atoms with van der Waals surface area (Å²) in [7, 11) is 1.30. The third-order valence-corrected chi connectivity index (χ3v) is 3.39. The van der Waals surface area contributed by atoms with Gasteiger partial charge in [-0.3, -0.25) is 5.10 Å². The highest BCUT2D eigenvalue weighted by molar-refractivity contribution is 5.87. The van der Waals surface area contributed by atoms with Gasteiger partial charge in [0, 0.05) is 11.3 Å². The molecule has 22 heavy (non-hydrogen) atoms. The van der Waals surface area contributed by atoms with Crippen LogP contribution >= 0.6 is 0 Å². The lowest BCUT2D eigenvalue weighted by atomic mass is 10.1. The Labute approximate surface area is 124 Å². The number of anilines is 1. The van der Waals surface area contributed by atoms with Gasteiger partial charge in [0.05, 0.1) is 19.2 Å². The van der Waals surface area contributed by atoms with Crippen LogP contribution in [0, 0.1) is 0 Å². The molecule has 110 valence electrons. The molecule has 9 nitrogen and oxygen atoms in total. The number of rotatable bonds is 2. The molecule has 0 radical (unpaired) electrons. The summed E-state index contributed by atoms with van der Waals surface area (Å²) in [5.41, 5.74) is 3.50. The van der Waals surface area contributed by atoms with Crippen LogP contribution in [-0.2, 0) is 11.3 Å². The molecule has 4 rings (SSSR count). The minimum atomic E-state index is -0.560. The average Bonchev–Trinajstić information content (AvgIpc) is 3.18. The van der Waals surface area contributed by atoms with E-state index in [1.165, 1.54) is 7.11 Å². The van der Waals surface area contributed by atoms with Crippen LogP contribution in [0.3, 0.4) is 0 Å². The standard InChI is InChI=1S/C13H11N7O2/c1-22-12(21)11-15-13-14-8(4-5-20(13)18-11)7-2-3-9-10(6-7)17-19-16-9/h2-4,6H,5H2,1H3,(H,14,15,18)(H,16,17,19). The Morgan fingerprint density at radius 2 is 2.32 bits per heavy atom. The van der Waals surface area contributed by atoms with Gasteiger partial charge in [-0.2, -0.15) is 4.98 Å². The second-order valence-corrected chi connectivity index (χ2v) is 4.72. The fourth-order valence-electron chi connectivity index (χ4n) is 2.29. The monoisotopic (exact) mass is 297 g/mol. The number of methoxy groups -OCH3 is 1. The SMILES string of the molecule is COC(=O)c1nc2n(n1)CC=C(c1ccc3nn[nH]c3c1)N2. The van der Waals surface area contributed by atoms with E-state index in [-0.39, 0.29) is 5.82 Å². The first-order valence-electron chi connectivity index (χ1n) is 6.56. The second kappa shape index (κ2) is 4.65. The number of carbonyl (C=O) groups excluding carboxylic acids is 1. The Hall–Kier alpha value is -3.23. The molecule has 0 amide bonds. The molecule has 1 aliphatic rings. The Balaban J connectivity index is 1.66. The lowest BCUT2D eigenvalue weighted by Crippen LogP contribution is -2.13. The summed E-state index contributed by atoms with van der Waals surface area (Å²) in [6, 6.07) is 5.77. The molecule has 0 aliphatic carbocycles. The maximum Gasteiger partial charge on any atom is 0.378 e. The molecule has 0 fully saturated rings. The molecule has 1 aromatic carbocycles. The summed E-state index contributed by atoms with van der Waals surface area (Å²) < 4.78 is 6.23. The number of H-pyrrole nitrogens is 1. The van der Waals surface area contributed by atoms with Gasteiger partial charge in [-0.1, -0.05) is 11.3 Å². The van der Waals surface area contributed by atoms with Gasteiger partial charge in [0.2, 0.25) is 5.95 Å². The number of aromatic nitrogens is 6. The number of hydrogen-bond donors (Lipinski definition) is 2. The molecule has 3 heterocycles. The fourth-order valence-corrected chi connectivity index (χ4v) is 2.29. The Kier molecular flexibility index (Phi) is 2.65. The lowest BCUT2D eigenvalue weighted by Gasteiger charge is -2.16. The van der Waals surface area contributed by atoms with Crippen molar-refractivity contribution < 1.29 is 9.53 Å². The molecule has 1 aliphatic heterocycles. The number of esters is 1. The zero-order valence-corrected chi connectivity index (χ0v) is 11.6. The van der Waals surface area contributed by atoms with Gasteiger partial charge in [-0.15, -0.1) is 10.2 Å². The number of hydrogen-bond acceptors (Lipinski definition) is 7. The van der Waals surface area contributed by atoms with Gasteiger partial charge in [0.15, 0.2) is 0 Å². The molecule has 3 aromatic rings. The molecular formula is C13H11N7O2. The summed E-state index contributed by atoms with van der Waals surface area (Å²) in [6.45, 7) is 0.515. The third-order valence-electron chi connectivity index (χ3n) is 3.39. The van der Waals surface area contributed by atoms with Gasteiger partial charge in [0.25, 0.3) is 5.82 Å². The van der Waals surface area contributed by atoms with Crippen LogP contribution in [0.4, 0.5) is 5.95 Å². The fraction of sp³-hybridized carbons (Fsp3) is 0.154. The molecule has 2 aromatic heterocycles. The molecule has 0 saturated carbocycles. The number of ether oxygens (including phenoxy) is 1. The Morgan fingerprint density at radius 3 is 3.18 bits per heavy atom. The number of fused-ring (bicyclic) bond motifs is 2. The first kappa shape index (κ1) is 12.5. The minimum Gasteiger partial charge on any atom is -0.463 e. The van der Waals surface area contributed by atoms with Crippen molar-refractivity contribution in [3.63, 3.8) is 0 Å². The van der Waals surface area contributed by atoms with Crippen molar-refractivity contribution in [2.24, 2.45) is 0 Å². The predicted octanol–water partition coefficient (Wildman–Crippen LogP) is 0.803. The maximum absolute atomic E-state index is 11.5. The summed E-state index contributed by atoms with van der Waals surface area (Å²) in [5.74, 6) is -0.0243. The Morgan fingerprint density at radius 1 is 1.41 bits per heavy atom. The molecular weight excluding hydrogens is 286 g/mol. The first-order chi connectivity index (χ1) is 10.7. The van der Waals surface area contributed by atoms with Gasteiger partial charge < -0.3 is 10.1 Å². The number of nitrogens with zero attached hydrogens (tertiary/aromatic N) is 5. The van der Waals surface area contributed by atoms with Gasteiger partial charge in [0.1, 0.15) is 5.52 Å². The average molecular weight is 297 g/mol. The number of nitrogens with one attached hydrogen (secondary N) is 2. The summed E-state index contributed by atoms with van der Waals surface area (Å²) in [6.07, 6.45) is 1.97. The zero-order valence-electron chi connectivity index (χ0n) is 11.6. The van der Waals surface area contributed by atoms with Crippen molar-refractivity contribution in [1.29, 1.82) is 0 Å². The van der Waals surface area contributed by atoms with Crippen LogP contribution in [0.5, 0.6) is 0 Å². The molecule has 0 saturated heterocycles. The molecule has 0 bridgehead atoms. The highest BCUT2D eigenvalue weighted by Gasteiger charge is 2.20. The number of carbonyl (C=O) groups is 1. The molecule has 2 N–H and O–H groups in total. The summed E-state index contributed by atoms with van der Waals surface area (Å²) >= 11 is 0. The van der Waals surface area contributed by atoms with E-state index in [0.717, 1.165) is 22.3 Å². The smallest absolute Gasteiger partial charge is 0.378 e. The van der Waals surface area contributed by atoms with Crippen LogP contribution in [0.25, 0.3) is 16.7 Å². The quantitative estimate of drug-likeness (QED) is 0.673. The zero-order chi connectivity index (χ0) is 15.1. The topological polar surface area (TPSA) is 111 Å². The summed E-state index contributed by atoms with van der Waals surface area (Å²) in [5, 5.41) is 17.8. The third kappa shape index (κ3) is 1.91. The molecule has 9 heteroatoms. The minimum absolute atomic E-state index is 0.0351. The largest absolute Gasteiger partial charge is 0.463 e. The van der Waals surface area contributed by atoms with E-state index in [4.69, 9.17) is 0 Å². The number of aromatic amines is 1. The second-order valence-electron chi connectivity index (χ2n) is 4.72. The van der Waals surface area contributed by atoms with Crippen molar-refractivity contribution in [2.75, 3.05) is 12.4 Å².